The topological polar surface area (TPSA) is 21.3 Å². The van der Waals surface area contributed by atoms with E-state index in [4.69, 9.17) is 4.74 Å². The molecule has 0 bridgehead atoms. The largest absolute Gasteiger partial charge is 0.377 e. The number of hydrogen-bond donors (Lipinski definition) is 1. The highest BCUT2D eigenvalue weighted by molar-refractivity contribution is 4.79. The Morgan fingerprint density at radius 2 is 2.20 bits per heavy atom. The summed E-state index contributed by atoms with van der Waals surface area (Å²) in [7, 11) is 0. The average molecular weight is 213 g/mol. The summed E-state index contributed by atoms with van der Waals surface area (Å²) in [6.45, 7) is 8.86. The summed E-state index contributed by atoms with van der Waals surface area (Å²) in [6, 6.07) is 0.598. The van der Waals surface area contributed by atoms with Crippen molar-refractivity contribution in [3.63, 3.8) is 0 Å². The van der Waals surface area contributed by atoms with Crippen molar-refractivity contribution in [1.82, 2.24) is 5.32 Å². The van der Waals surface area contributed by atoms with Gasteiger partial charge in [-0.25, -0.2) is 0 Å². The van der Waals surface area contributed by atoms with Gasteiger partial charge in [0.15, 0.2) is 0 Å². The van der Waals surface area contributed by atoms with Gasteiger partial charge < -0.3 is 10.1 Å². The zero-order chi connectivity index (χ0) is 11.1. The maximum atomic E-state index is 5.55. The van der Waals surface area contributed by atoms with E-state index in [1.165, 1.54) is 38.6 Å². The molecule has 0 aromatic heterocycles. The first-order valence-electron chi connectivity index (χ1n) is 6.62. The smallest absolute Gasteiger partial charge is 0.0700 e. The van der Waals surface area contributed by atoms with Crippen LogP contribution in [0.15, 0.2) is 0 Å². The fourth-order valence-electron chi connectivity index (χ4n) is 2.26. The highest BCUT2D eigenvalue weighted by Gasteiger charge is 2.23. The van der Waals surface area contributed by atoms with E-state index in [1.807, 2.05) is 0 Å². The third-order valence-electron chi connectivity index (χ3n) is 3.59. The molecule has 3 unspecified atom stereocenters. The first kappa shape index (κ1) is 13.0. The summed E-state index contributed by atoms with van der Waals surface area (Å²) in [5, 5.41) is 3.67. The zero-order valence-corrected chi connectivity index (χ0v) is 10.6. The lowest BCUT2D eigenvalue weighted by atomic mass is 9.98. The van der Waals surface area contributed by atoms with Gasteiger partial charge in [-0.2, -0.15) is 0 Å². The van der Waals surface area contributed by atoms with Crippen LogP contribution in [0, 0.1) is 5.92 Å². The molecule has 1 fully saturated rings. The van der Waals surface area contributed by atoms with E-state index in [1.54, 1.807) is 0 Å². The van der Waals surface area contributed by atoms with Gasteiger partial charge in [-0.15, -0.1) is 0 Å². The van der Waals surface area contributed by atoms with Crippen LogP contribution in [0.1, 0.15) is 52.9 Å². The third-order valence-corrected chi connectivity index (χ3v) is 3.59. The molecule has 15 heavy (non-hydrogen) atoms. The van der Waals surface area contributed by atoms with E-state index in [0.717, 1.165) is 12.5 Å². The maximum Gasteiger partial charge on any atom is 0.0700 e. The van der Waals surface area contributed by atoms with Crippen LogP contribution in [0.5, 0.6) is 0 Å². The van der Waals surface area contributed by atoms with Crippen molar-refractivity contribution in [1.29, 1.82) is 0 Å². The van der Waals surface area contributed by atoms with Gasteiger partial charge in [-0.3, -0.25) is 0 Å². The highest BCUT2D eigenvalue weighted by atomic mass is 16.5. The van der Waals surface area contributed by atoms with Crippen LogP contribution in [0.25, 0.3) is 0 Å². The molecule has 0 spiro atoms. The lowest BCUT2D eigenvalue weighted by Crippen LogP contribution is -2.37. The monoisotopic (exact) mass is 213 g/mol. The Morgan fingerprint density at radius 3 is 2.73 bits per heavy atom. The van der Waals surface area contributed by atoms with Crippen LogP contribution in [0.4, 0.5) is 0 Å². The van der Waals surface area contributed by atoms with Gasteiger partial charge >= 0.3 is 0 Å². The SMILES string of the molecule is CCCCC(CC)CNC1CCOC1C. The van der Waals surface area contributed by atoms with Crippen molar-refractivity contribution < 1.29 is 4.74 Å². The van der Waals surface area contributed by atoms with E-state index < -0.39 is 0 Å². The molecule has 1 aliphatic heterocycles. The van der Waals surface area contributed by atoms with Crippen LogP contribution >= 0.6 is 0 Å². The second-order valence-electron chi connectivity index (χ2n) is 4.80. The molecule has 1 aliphatic rings. The molecule has 0 aromatic carbocycles. The minimum atomic E-state index is 0.411. The summed E-state index contributed by atoms with van der Waals surface area (Å²) in [6.07, 6.45) is 6.97. The molecule has 0 aliphatic carbocycles. The van der Waals surface area contributed by atoms with Crippen LogP contribution in [0.2, 0.25) is 0 Å². The second-order valence-corrected chi connectivity index (χ2v) is 4.80. The molecular weight excluding hydrogens is 186 g/mol. The minimum Gasteiger partial charge on any atom is -0.377 e. The van der Waals surface area contributed by atoms with Crippen LogP contribution in [-0.4, -0.2) is 25.3 Å². The molecule has 2 nitrogen and oxygen atoms in total. The van der Waals surface area contributed by atoms with Crippen molar-refractivity contribution in [3.8, 4) is 0 Å². The summed E-state index contributed by atoms with van der Waals surface area (Å²) in [5.74, 6) is 0.859. The Balaban J connectivity index is 2.15. The van der Waals surface area contributed by atoms with Crippen LogP contribution < -0.4 is 5.32 Å². The molecular formula is C13H27NO. The molecule has 1 heterocycles. The normalized spacial score (nSPS) is 28.2. The van der Waals surface area contributed by atoms with Crippen molar-refractivity contribution >= 4 is 0 Å². The zero-order valence-electron chi connectivity index (χ0n) is 10.6. The Morgan fingerprint density at radius 1 is 1.40 bits per heavy atom. The predicted octanol–water partition coefficient (Wildman–Crippen LogP) is 2.97. The number of nitrogens with one attached hydrogen (secondary N) is 1. The fourth-order valence-corrected chi connectivity index (χ4v) is 2.26. The second kappa shape index (κ2) is 7.24. The molecule has 1 N–H and O–H groups in total. The standard InChI is InChI=1S/C13H27NO/c1-4-6-7-12(5-2)10-14-13-8-9-15-11(13)3/h11-14H,4-10H2,1-3H3. The summed E-state index contributed by atoms with van der Waals surface area (Å²) < 4.78 is 5.55. The third kappa shape index (κ3) is 4.52. The van der Waals surface area contributed by atoms with Gasteiger partial charge in [0.25, 0.3) is 0 Å². The van der Waals surface area contributed by atoms with Gasteiger partial charge in [0.05, 0.1) is 6.10 Å². The number of hydrogen-bond acceptors (Lipinski definition) is 2. The molecule has 90 valence electrons. The van der Waals surface area contributed by atoms with Crippen molar-refractivity contribution in [2.24, 2.45) is 5.92 Å². The molecule has 0 aromatic rings. The molecule has 3 atom stereocenters. The first-order valence-corrected chi connectivity index (χ1v) is 6.62. The molecule has 1 rings (SSSR count). The Hall–Kier alpha value is -0.0800. The quantitative estimate of drug-likeness (QED) is 0.702. The number of unbranched alkanes of at least 4 members (excludes halogenated alkanes) is 1. The van der Waals surface area contributed by atoms with E-state index in [9.17, 15) is 0 Å². The minimum absolute atomic E-state index is 0.411. The van der Waals surface area contributed by atoms with Gasteiger partial charge in [0.2, 0.25) is 0 Å². The lowest BCUT2D eigenvalue weighted by molar-refractivity contribution is 0.112. The highest BCUT2D eigenvalue weighted by Crippen LogP contribution is 2.15. The van der Waals surface area contributed by atoms with E-state index in [-0.39, 0.29) is 0 Å². The fraction of sp³-hybridized carbons (Fsp3) is 1.00. The van der Waals surface area contributed by atoms with E-state index >= 15 is 0 Å². The van der Waals surface area contributed by atoms with Crippen molar-refractivity contribution in [2.75, 3.05) is 13.2 Å². The first-order chi connectivity index (χ1) is 7.27. The van der Waals surface area contributed by atoms with E-state index in [2.05, 4.69) is 26.1 Å². The lowest BCUT2D eigenvalue weighted by Gasteiger charge is -2.20. The van der Waals surface area contributed by atoms with Crippen molar-refractivity contribution in [2.45, 2.75) is 65.0 Å². The van der Waals surface area contributed by atoms with Gasteiger partial charge in [0, 0.05) is 12.6 Å². The molecule has 1 saturated heterocycles. The Kier molecular flexibility index (Phi) is 6.26. The Bertz CT molecular complexity index is 161. The van der Waals surface area contributed by atoms with Crippen LogP contribution in [-0.2, 0) is 4.74 Å². The van der Waals surface area contributed by atoms with Gasteiger partial charge in [-0.1, -0.05) is 33.1 Å². The molecule has 2 heteroatoms. The average Bonchev–Trinajstić information content (AvgIpc) is 2.65. The van der Waals surface area contributed by atoms with Crippen molar-refractivity contribution in [3.05, 3.63) is 0 Å². The predicted molar refractivity (Wildman–Crippen MR) is 65.1 cm³/mol. The summed E-state index contributed by atoms with van der Waals surface area (Å²) in [5.41, 5.74) is 0. The van der Waals surface area contributed by atoms with Gasteiger partial charge in [-0.05, 0) is 32.2 Å². The summed E-state index contributed by atoms with van der Waals surface area (Å²) >= 11 is 0. The number of ether oxygens (including phenoxy) is 1. The van der Waals surface area contributed by atoms with E-state index in [0.29, 0.717) is 12.1 Å². The van der Waals surface area contributed by atoms with Crippen LogP contribution in [0.3, 0.4) is 0 Å². The molecule has 0 amide bonds. The molecule has 0 saturated carbocycles. The van der Waals surface area contributed by atoms with Gasteiger partial charge in [0.1, 0.15) is 0 Å². The Labute approximate surface area is 94.8 Å². The number of rotatable bonds is 7. The maximum absolute atomic E-state index is 5.55. The molecule has 0 radical (unpaired) electrons. The summed E-state index contributed by atoms with van der Waals surface area (Å²) in [4.78, 5) is 0.